The summed E-state index contributed by atoms with van der Waals surface area (Å²) in [5, 5.41) is 10.8. The average Bonchev–Trinajstić information content (AvgIpc) is 2.98. The Hall–Kier alpha value is -2.94. The van der Waals surface area contributed by atoms with Gasteiger partial charge >= 0.3 is 11.9 Å². The molecule has 0 spiro atoms. The number of benzene rings is 1. The number of likely N-dealkylation sites (N-methyl/N-ethyl adjacent to an activating group) is 1. The van der Waals surface area contributed by atoms with Crippen molar-refractivity contribution in [1.29, 1.82) is 0 Å². The fraction of sp³-hybridized carbons (Fsp3) is 0.615. The molecule has 9 nitrogen and oxygen atoms in total. The van der Waals surface area contributed by atoms with Crippen LogP contribution in [-0.4, -0.2) is 60.4 Å². The molecule has 1 aliphatic rings. The first kappa shape index (κ1) is 32.1. The average molecular weight is 494 g/mol. The maximum absolute atomic E-state index is 12.1. The zero-order valence-corrected chi connectivity index (χ0v) is 21.9. The summed E-state index contributed by atoms with van der Waals surface area (Å²) in [7, 11) is 2.15. The van der Waals surface area contributed by atoms with Crippen LogP contribution in [-0.2, 0) is 24.6 Å². The first-order valence-electron chi connectivity index (χ1n) is 12.2. The number of carboxylic acid groups (broad SMARTS) is 1. The minimum absolute atomic E-state index is 0.0460. The second kappa shape index (κ2) is 17.5. The quantitative estimate of drug-likeness (QED) is 0.373. The first-order chi connectivity index (χ1) is 16.5. The Morgan fingerprint density at radius 1 is 1.14 bits per heavy atom. The van der Waals surface area contributed by atoms with Crippen molar-refractivity contribution in [2.45, 2.75) is 78.1 Å². The number of likely N-dealkylation sites (tertiary alicyclic amines) is 1. The van der Waals surface area contributed by atoms with Gasteiger partial charge in [-0.15, -0.1) is 0 Å². The van der Waals surface area contributed by atoms with Gasteiger partial charge in [-0.05, 0) is 50.6 Å². The normalized spacial score (nSPS) is 17.4. The molecule has 1 atom stereocenters. The monoisotopic (exact) mass is 493 g/mol. The standard InChI is InChI=1S/C21H30N2O5.C3H8.C2H5NO/c1-3-21(11-4-5-12-23(2)15-21)16-7-6-8-17(13-16)28-20(27)10-9-18(24)22-14-19(25)26;1-3-2;1-2(3)4/h6-8,13H,3-5,9-12,14-15H2,1-2H3,(H,22,24)(H,25,26);3H2,1-2H3;1H3,(H2,3,4). The van der Waals surface area contributed by atoms with E-state index in [2.05, 4.69) is 49.8 Å². The van der Waals surface area contributed by atoms with E-state index in [1.165, 1.54) is 31.7 Å². The molecule has 9 heteroatoms. The second-order valence-corrected chi connectivity index (χ2v) is 8.82. The Bertz CT molecular complexity index is 810. The molecule has 198 valence electrons. The molecular formula is C26H43N3O6. The molecule has 1 aromatic rings. The van der Waals surface area contributed by atoms with Gasteiger partial charge < -0.3 is 25.8 Å². The third kappa shape index (κ3) is 14.1. The minimum atomic E-state index is -1.12. The van der Waals surface area contributed by atoms with Gasteiger partial charge in [-0.1, -0.05) is 45.7 Å². The number of carbonyl (C=O) groups is 4. The highest BCUT2D eigenvalue weighted by atomic mass is 16.5. The molecule has 1 aromatic carbocycles. The summed E-state index contributed by atoms with van der Waals surface area (Å²) in [5.74, 6) is -1.97. The number of carboxylic acids is 1. The van der Waals surface area contributed by atoms with Crippen LogP contribution in [0.25, 0.3) is 0 Å². The zero-order valence-electron chi connectivity index (χ0n) is 21.9. The Balaban J connectivity index is 0.00000146. The topological polar surface area (TPSA) is 139 Å². The van der Waals surface area contributed by atoms with Gasteiger partial charge in [0.2, 0.25) is 11.8 Å². The highest BCUT2D eigenvalue weighted by molar-refractivity contribution is 5.84. The van der Waals surface area contributed by atoms with Crippen molar-refractivity contribution in [3.8, 4) is 5.75 Å². The number of rotatable bonds is 8. The molecule has 2 amide bonds. The van der Waals surface area contributed by atoms with Gasteiger partial charge in [-0.2, -0.15) is 0 Å². The van der Waals surface area contributed by atoms with Gasteiger partial charge in [0.1, 0.15) is 12.3 Å². The van der Waals surface area contributed by atoms with Crippen molar-refractivity contribution in [1.82, 2.24) is 10.2 Å². The SMILES string of the molecule is CC(N)=O.CCC.CCC1(c2cccc(OC(=O)CCC(=O)NCC(=O)O)c2)CCCCN(C)C1. The summed E-state index contributed by atoms with van der Waals surface area (Å²) < 4.78 is 5.42. The van der Waals surface area contributed by atoms with Crippen molar-refractivity contribution in [3.63, 3.8) is 0 Å². The lowest BCUT2D eigenvalue weighted by molar-refractivity contribution is -0.138. The lowest BCUT2D eigenvalue weighted by Crippen LogP contribution is -2.37. The first-order valence-corrected chi connectivity index (χ1v) is 12.2. The maximum Gasteiger partial charge on any atom is 0.322 e. The Morgan fingerprint density at radius 3 is 2.34 bits per heavy atom. The van der Waals surface area contributed by atoms with Gasteiger partial charge in [0, 0.05) is 25.3 Å². The number of aliphatic carboxylic acids is 1. The maximum atomic E-state index is 12.1. The predicted molar refractivity (Wildman–Crippen MR) is 136 cm³/mol. The summed E-state index contributed by atoms with van der Waals surface area (Å²) in [4.78, 5) is 45.6. The van der Waals surface area contributed by atoms with Crippen LogP contribution >= 0.6 is 0 Å². The summed E-state index contributed by atoms with van der Waals surface area (Å²) in [5.41, 5.74) is 5.69. The van der Waals surface area contributed by atoms with E-state index in [0.717, 1.165) is 25.9 Å². The molecule has 0 radical (unpaired) electrons. The molecule has 2 rings (SSSR count). The fourth-order valence-corrected chi connectivity index (χ4v) is 3.80. The van der Waals surface area contributed by atoms with E-state index in [1.807, 2.05) is 12.1 Å². The van der Waals surface area contributed by atoms with Crippen LogP contribution in [0.5, 0.6) is 5.75 Å². The van der Waals surface area contributed by atoms with Crippen LogP contribution in [0.15, 0.2) is 24.3 Å². The Labute approximate surface area is 209 Å². The van der Waals surface area contributed by atoms with E-state index in [4.69, 9.17) is 9.84 Å². The summed E-state index contributed by atoms with van der Waals surface area (Å²) >= 11 is 0. The number of esters is 1. The highest BCUT2D eigenvalue weighted by Gasteiger charge is 2.33. The van der Waals surface area contributed by atoms with E-state index in [0.29, 0.717) is 5.75 Å². The summed E-state index contributed by atoms with van der Waals surface area (Å²) in [6.45, 7) is 9.38. The van der Waals surface area contributed by atoms with Crippen LogP contribution in [0.2, 0.25) is 0 Å². The lowest BCUT2D eigenvalue weighted by atomic mass is 9.74. The molecule has 1 fully saturated rings. The van der Waals surface area contributed by atoms with Crippen LogP contribution in [0.1, 0.15) is 78.2 Å². The highest BCUT2D eigenvalue weighted by Crippen LogP contribution is 2.37. The minimum Gasteiger partial charge on any atom is -0.480 e. The number of nitrogens with two attached hydrogens (primary N) is 1. The van der Waals surface area contributed by atoms with Crippen LogP contribution < -0.4 is 15.8 Å². The van der Waals surface area contributed by atoms with Gasteiger partial charge in [0.05, 0.1) is 6.42 Å². The molecule has 4 N–H and O–H groups in total. The lowest BCUT2D eigenvalue weighted by Gasteiger charge is -2.35. The number of ether oxygens (including phenoxy) is 1. The number of hydrogen-bond acceptors (Lipinski definition) is 6. The molecule has 0 aromatic heterocycles. The Kier molecular flexibility index (Phi) is 16.0. The summed E-state index contributed by atoms with van der Waals surface area (Å²) in [6, 6.07) is 7.68. The number of amides is 2. The molecule has 0 bridgehead atoms. The number of nitrogens with zero attached hydrogens (tertiary/aromatic N) is 1. The number of carbonyl (C=O) groups excluding carboxylic acids is 3. The molecule has 35 heavy (non-hydrogen) atoms. The van der Waals surface area contributed by atoms with Crippen LogP contribution in [0, 0.1) is 0 Å². The predicted octanol–water partition coefficient (Wildman–Crippen LogP) is 3.24. The van der Waals surface area contributed by atoms with Crippen molar-refractivity contribution in [2.75, 3.05) is 26.7 Å². The van der Waals surface area contributed by atoms with Crippen molar-refractivity contribution in [2.24, 2.45) is 5.73 Å². The second-order valence-electron chi connectivity index (χ2n) is 8.82. The summed E-state index contributed by atoms with van der Waals surface area (Å²) in [6.07, 6.45) is 5.53. The van der Waals surface area contributed by atoms with E-state index < -0.39 is 24.4 Å². The molecular weight excluding hydrogens is 450 g/mol. The Morgan fingerprint density at radius 2 is 1.77 bits per heavy atom. The molecule has 0 saturated carbocycles. The van der Waals surface area contributed by atoms with E-state index in [9.17, 15) is 19.2 Å². The third-order valence-corrected chi connectivity index (χ3v) is 5.37. The van der Waals surface area contributed by atoms with E-state index in [-0.39, 0.29) is 24.2 Å². The molecule has 1 aliphatic heterocycles. The van der Waals surface area contributed by atoms with Gasteiger partial charge in [-0.25, -0.2) is 0 Å². The third-order valence-electron chi connectivity index (χ3n) is 5.37. The van der Waals surface area contributed by atoms with Crippen molar-refractivity contribution in [3.05, 3.63) is 29.8 Å². The van der Waals surface area contributed by atoms with Crippen LogP contribution in [0.4, 0.5) is 0 Å². The van der Waals surface area contributed by atoms with Gasteiger partial charge in [0.15, 0.2) is 0 Å². The largest absolute Gasteiger partial charge is 0.480 e. The van der Waals surface area contributed by atoms with Gasteiger partial charge in [-0.3, -0.25) is 19.2 Å². The number of primary amides is 1. The molecule has 1 unspecified atom stereocenters. The fourth-order valence-electron chi connectivity index (χ4n) is 3.80. The van der Waals surface area contributed by atoms with Crippen LogP contribution in [0.3, 0.4) is 0 Å². The van der Waals surface area contributed by atoms with E-state index >= 15 is 0 Å². The zero-order chi connectivity index (χ0) is 26.9. The van der Waals surface area contributed by atoms with Gasteiger partial charge in [0.25, 0.3) is 0 Å². The molecule has 1 heterocycles. The van der Waals surface area contributed by atoms with Crippen molar-refractivity contribution < 1.29 is 29.0 Å². The van der Waals surface area contributed by atoms with Crippen molar-refractivity contribution >= 4 is 23.8 Å². The molecule has 1 saturated heterocycles. The number of nitrogens with one attached hydrogen (secondary N) is 1. The van der Waals surface area contributed by atoms with E-state index in [1.54, 1.807) is 6.07 Å². The smallest absolute Gasteiger partial charge is 0.322 e. The number of hydrogen-bond donors (Lipinski definition) is 3. The molecule has 0 aliphatic carbocycles.